The Labute approximate surface area is 159 Å². The second kappa shape index (κ2) is 8.41. The van der Waals surface area contributed by atoms with Crippen molar-refractivity contribution in [3.05, 3.63) is 29.3 Å². The molecule has 7 heteroatoms. The summed E-state index contributed by atoms with van der Waals surface area (Å²) in [5.74, 6) is 0.799. The highest BCUT2D eigenvalue weighted by molar-refractivity contribution is 5.90. The molecule has 2 aliphatic heterocycles. The first kappa shape index (κ1) is 19.2. The zero-order chi connectivity index (χ0) is 19.4. The van der Waals surface area contributed by atoms with E-state index in [0.29, 0.717) is 45.4 Å². The third-order valence-corrected chi connectivity index (χ3v) is 5.27. The van der Waals surface area contributed by atoms with Crippen molar-refractivity contribution in [2.75, 3.05) is 33.3 Å². The van der Waals surface area contributed by atoms with Crippen LogP contribution in [-0.2, 0) is 20.8 Å². The van der Waals surface area contributed by atoms with Gasteiger partial charge in [-0.25, -0.2) is 0 Å². The van der Waals surface area contributed by atoms with Crippen molar-refractivity contribution in [3.63, 3.8) is 0 Å². The summed E-state index contributed by atoms with van der Waals surface area (Å²) >= 11 is 0. The summed E-state index contributed by atoms with van der Waals surface area (Å²) in [6.45, 7) is 4.27. The quantitative estimate of drug-likeness (QED) is 0.850. The predicted octanol–water partition coefficient (Wildman–Crippen LogP) is 0.886. The molecule has 2 fully saturated rings. The van der Waals surface area contributed by atoms with Gasteiger partial charge in [0.2, 0.25) is 17.7 Å². The third-order valence-electron chi connectivity index (χ3n) is 5.27. The number of aryl methyl sites for hydroxylation is 1. The summed E-state index contributed by atoms with van der Waals surface area (Å²) in [6.07, 6.45) is 2.07. The van der Waals surface area contributed by atoms with Crippen LogP contribution in [0.5, 0.6) is 5.75 Å². The minimum Gasteiger partial charge on any atom is -0.496 e. The first-order valence-corrected chi connectivity index (χ1v) is 9.47. The normalized spacial score (nSPS) is 20.2. The maximum absolute atomic E-state index is 12.7. The largest absolute Gasteiger partial charge is 0.496 e. The van der Waals surface area contributed by atoms with E-state index < -0.39 is 6.04 Å². The fourth-order valence-electron chi connectivity index (χ4n) is 3.74. The second-order valence-electron chi connectivity index (χ2n) is 7.20. The minimum atomic E-state index is -0.401. The van der Waals surface area contributed by atoms with E-state index in [1.54, 1.807) is 12.0 Å². The van der Waals surface area contributed by atoms with Gasteiger partial charge in [0, 0.05) is 32.6 Å². The zero-order valence-corrected chi connectivity index (χ0v) is 16.0. The standard InChI is InChI=1S/C20H27N3O4/c1-14-12-15(4-6-17(14)27-2)13-19(25)22-8-3-9-23(11-10-22)20(26)16-5-7-18(24)21-16/h4,6,12,16H,3,5,7-11,13H2,1-2H3,(H,21,24). The van der Waals surface area contributed by atoms with E-state index in [2.05, 4.69) is 5.32 Å². The van der Waals surface area contributed by atoms with Crippen LogP contribution in [0.2, 0.25) is 0 Å². The van der Waals surface area contributed by atoms with Gasteiger partial charge in [-0.1, -0.05) is 12.1 Å². The Morgan fingerprint density at radius 3 is 2.59 bits per heavy atom. The number of ether oxygens (including phenoxy) is 1. The lowest BCUT2D eigenvalue weighted by Gasteiger charge is -2.24. The highest BCUT2D eigenvalue weighted by atomic mass is 16.5. The van der Waals surface area contributed by atoms with Crippen molar-refractivity contribution in [2.45, 2.75) is 38.6 Å². The lowest BCUT2D eigenvalue weighted by Crippen LogP contribution is -2.46. The molecule has 1 aromatic carbocycles. The molecule has 3 amide bonds. The summed E-state index contributed by atoms with van der Waals surface area (Å²) in [6, 6.07) is 5.38. The van der Waals surface area contributed by atoms with Crippen molar-refractivity contribution in [2.24, 2.45) is 0 Å². The second-order valence-corrected chi connectivity index (χ2v) is 7.20. The van der Waals surface area contributed by atoms with Crippen molar-refractivity contribution < 1.29 is 19.1 Å². The summed E-state index contributed by atoms with van der Waals surface area (Å²) in [5.41, 5.74) is 1.97. The van der Waals surface area contributed by atoms with Gasteiger partial charge in [-0.15, -0.1) is 0 Å². The number of nitrogens with one attached hydrogen (secondary N) is 1. The Balaban J connectivity index is 1.55. The molecule has 2 aliphatic rings. The third kappa shape index (κ3) is 4.59. The topological polar surface area (TPSA) is 79.0 Å². The summed E-state index contributed by atoms with van der Waals surface area (Å²) in [5, 5.41) is 2.73. The average Bonchev–Trinajstić information content (AvgIpc) is 2.93. The number of nitrogens with zero attached hydrogens (tertiary/aromatic N) is 2. The van der Waals surface area contributed by atoms with Gasteiger partial charge >= 0.3 is 0 Å². The number of carbonyl (C=O) groups is 3. The van der Waals surface area contributed by atoms with Crippen LogP contribution in [-0.4, -0.2) is 66.9 Å². The molecule has 27 heavy (non-hydrogen) atoms. The van der Waals surface area contributed by atoms with E-state index >= 15 is 0 Å². The molecule has 0 bridgehead atoms. The van der Waals surface area contributed by atoms with E-state index in [1.807, 2.05) is 30.0 Å². The van der Waals surface area contributed by atoms with Crippen molar-refractivity contribution in [1.29, 1.82) is 0 Å². The fourth-order valence-corrected chi connectivity index (χ4v) is 3.74. The molecule has 1 unspecified atom stereocenters. The Hall–Kier alpha value is -2.57. The Bertz CT molecular complexity index is 734. The molecule has 7 nitrogen and oxygen atoms in total. The maximum Gasteiger partial charge on any atom is 0.245 e. The van der Waals surface area contributed by atoms with Crippen LogP contribution in [0.25, 0.3) is 0 Å². The average molecular weight is 373 g/mol. The number of methoxy groups -OCH3 is 1. The van der Waals surface area contributed by atoms with Crippen molar-refractivity contribution in [1.82, 2.24) is 15.1 Å². The summed E-state index contributed by atoms with van der Waals surface area (Å²) < 4.78 is 5.26. The molecule has 0 radical (unpaired) electrons. The van der Waals surface area contributed by atoms with Crippen LogP contribution >= 0.6 is 0 Å². The molecule has 1 aromatic rings. The summed E-state index contributed by atoms with van der Waals surface area (Å²) in [4.78, 5) is 40.2. The van der Waals surface area contributed by atoms with Gasteiger partial charge in [0.1, 0.15) is 11.8 Å². The van der Waals surface area contributed by atoms with E-state index in [0.717, 1.165) is 23.3 Å². The fraction of sp³-hybridized carbons (Fsp3) is 0.550. The van der Waals surface area contributed by atoms with Crippen molar-refractivity contribution in [3.8, 4) is 5.75 Å². The van der Waals surface area contributed by atoms with Crippen LogP contribution in [0.4, 0.5) is 0 Å². The molecule has 0 saturated carbocycles. The van der Waals surface area contributed by atoms with Gasteiger partial charge < -0.3 is 19.9 Å². The van der Waals surface area contributed by atoms with Gasteiger partial charge in [-0.3, -0.25) is 14.4 Å². The summed E-state index contributed by atoms with van der Waals surface area (Å²) in [7, 11) is 1.63. The Kier molecular flexibility index (Phi) is 5.98. The van der Waals surface area contributed by atoms with Gasteiger partial charge in [-0.05, 0) is 37.0 Å². The van der Waals surface area contributed by atoms with Crippen LogP contribution < -0.4 is 10.1 Å². The molecule has 3 rings (SSSR count). The SMILES string of the molecule is COc1ccc(CC(=O)N2CCCN(C(=O)C3CCC(=O)N3)CC2)cc1C. The first-order chi connectivity index (χ1) is 13.0. The highest BCUT2D eigenvalue weighted by Crippen LogP contribution is 2.19. The molecule has 0 aliphatic carbocycles. The number of amides is 3. The zero-order valence-electron chi connectivity index (χ0n) is 16.0. The number of hydrogen-bond donors (Lipinski definition) is 1. The monoisotopic (exact) mass is 373 g/mol. The molecule has 0 spiro atoms. The van der Waals surface area contributed by atoms with Gasteiger partial charge in [-0.2, -0.15) is 0 Å². The molecule has 2 saturated heterocycles. The number of benzene rings is 1. The molecule has 146 valence electrons. The van der Waals surface area contributed by atoms with Crippen LogP contribution in [0.3, 0.4) is 0 Å². The molecule has 0 aromatic heterocycles. The van der Waals surface area contributed by atoms with E-state index in [4.69, 9.17) is 4.74 Å². The lowest BCUT2D eigenvalue weighted by molar-refractivity contribution is -0.135. The Morgan fingerprint density at radius 1 is 1.19 bits per heavy atom. The van der Waals surface area contributed by atoms with Crippen molar-refractivity contribution >= 4 is 17.7 Å². The molecule has 2 heterocycles. The van der Waals surface area contributed by atoms with E-state index in [-0.39, 0.29) is 17.7 Å². The molecule has 1 N–H and O–H groups in total. The molecular formula is C20H27N3O4. The van der Waals surface area contributed by atoms with Gasteiger partial charge in [0.15, 0.2) is 0 Å². The number of rotatable bonds is 4. The smallest absolute Gasteiger partial charge is 0.245 e. The number of carbonyl (C=O) groups excluding carboxylic acids is 3. The first-order valence-electron chi connectivity index (χ1n) is 9.47. The predicted molar refractivity (Wildman–Crippen MR) is 100 cm³/mol. The van der Waals surface area contributed by atoms with Crippen LogP contribution in [0.15, 0.2) is 18.2 Å². The van der Waals surface area contributed by atoms with Crippen LogP contribution in [0, 0.1) is 6.92 Å². The molecule has 1 atom stereocenters. The number of hydrogen-bond acceptors (Lipinski definition) is 4. The van der Waals surface area contributed by atoms with E-state index in [1.165, 1.54) is 0 Å². The maximum atomic E-state index is 12.7. The minimum absolute atomic E-state index is 0.0269. The lowest BCUT2D eigenvalue weighted by atomic mass is 10.1. The van der Waals surface area contributed by atoms with Crippen LogP contribution in [0.1, 0.15) is 30.4 Å². The highest BCUT2D eigenvalue weighted by Gasteiger charge is 2.32. The van der Waals surface area contributed by atoms with Gasteiger partial charge in [0.05, 0.1) is 13.5 Å². The van der Waals surface area contributed by atoms with Gasteiger partial charge in [0.25, 0.3) is 0 Å². The van der Waals surface area contributed by atoms with E-state index in [9.17, 15) is 14.4 Å². The Morgan fingerprint density at radius 2 is 1.93 bits per heavy atom. The molecular weight excluding hydrogens is 346 g/mol.